The van der Waals surface area contributed by atoms with Gasteiger partial charge in [-0.05, 0) is 42.8 Å². The molecule has 0 unspecified atom stereocenters. The predicted molar refractivity (Wildman–Crippen MR) is 101 cm³/mol. The van der Waals surface area contributed by atoms with Crippen molar-refractivity contribution in [3.8, 4) is 6.07 Å². The van der Waals surface area contributed by atoms with E-state index in [0.29, 0.717) is 35.2 Å². The number of hydrogen-bond donors (Lipinski definition) is 3. The third kappa shape index (κ3) is 2.91. The number of aromatic nitrogens is 2. The number of halogens is 1. The number of urea groups is 1. The molecule has 3 amide bonds. The van der Waals surface area contributed by atoms with Gasteiger partial charge in [0.2, 0.25) is 0 Å². The van der Waals surface area contributed by atoms with E-state index in [9.17, 15) is 14.0 Å². The van der Waals surface area contributed by atoms with Gasteiger partial charge in [0, 0.05) is 24.2 Å². The first kappa shape index (κ1) is 17.5. The van der Waals surface area contributed by atoms with E-state index in [2.05, 4.69) is 26.9 Å². The molecule has 3 aromatic rings. The topological polar surface area (TPSA) is 114 Å². The zero-order chi connectivity index (χ0) is 19.8. The molecule has 1 aliphatic heterocycles. The van der Waals surface area contributed by atoms with Crippen LogP contribution in [0.25, 0.3) is 10.9 Å². The van der Waals surface area contributed by atoms with Gasteiger partial charge in [0.25, 0.3) is 5.91 Å². The van der Waals surface area contributed by atoms with Crippen LogP contribution in [-0.4, -0.2) is 35.2 Å². The Morgan fingerprint density at radius 2 is 2.18 bits per heavy atom. The molecule has 0 atom stereocenters. The van der Waals surface area contributed by atoms with Crippen molar-refractivity contribution in [2.75, 3.05) is 23.3 Å². The molecule has 140 valence electrons. The van der Waals surface area contributed by atoms with Crippen molar-refractivity contribution in [1.29, 1.82) is 5.26 Å². The molecular formula is C19H15FN6O2. The Morgan fingerprint density at radius 3 is 2.89 bits per heavy atom. The molecule has 28 heavy (non-hydrogen) atoms. The van der Waals surface area contributed by atoms with Crippen LogP contribution in [-0.2, 0) is 0 Å². The Hall–Kier alpha value is -3.93. The van der Waals surface area contributed by atoms with Gasteiger partial charge in [-0.3, -0.25) is 14.8 Å². The second-order valence-corrected chi connectivity index (χ2v) is 6.40. The van der Waals surface area contributed by atoms with Gasteiger partial charge in [0.15, 0.2) is 5.82 Å². The predicted octanol–water partition coefficient (Wildman–Crippen LogP) is 2.66. The number of carbonyl (C=O) groups is 2. The molecule has 0 radical (unpaired) electrons. The Morgan fingerprint density at radius 1 is 1.36 bits per heavy atom. The third-order valence-electron chi connectivity index (χ3n) is 4.62. The number of aromatic amines is 1. The summed E-state index contributed by atoms with van der Waals surface area (Å²) in [4.78, 5) is 25.9. The van der Waals surface area contributed by atoms with E-state index < -0.39 is 11.7 Å². The SMILES string of the molecule is Cc1cc2c(NC(=O)c3cc(N4CCNC4=O)ccc3F)n[nH]c2cc1C#N. The van der Waals surface area contributed by atoms with Crippen LogP contribution < -0.4 is 15.5 Å². The van der Waals surface area contributed by atoms with Gasteiger partial charge in [-0.2, -0.15) is 10.4 Å². The Labute approximate surface area is 158 Å². The molecule has 0 saturated carbocycles. The summed E-state index contributed by atoms with van der Waals surface area (Å²) >= 11 is 0. The maximum absolute atomic E-state index is 14.3. The van der Waals surface area contributed by atoms with Gasteiger partial charge in [0.05, 0.1) is 22.7 Å². The van der Waals surface area contributed by atoms with Crippen LogP contribution in [0.1, 0.15) is 21.5 Å². The minimum Gasteiger partial charge on any atom is -0.336 e. The van der Waals surface area contributed by atoms with Crippen molar-refractivity contribution in [2.45, 2.75) is 6.92 Å². The van der Waals surface area contributed by atoms with Gasteiger partial charge < -0.3 is 10.6 Å². The standard InChI is InChI=1S/C19H15FN6O2/c1-10-6-14-16(7-11(10)9-21)24-25-17(14)23-18(27)13-8-12(2-3-15(13)20)26-5-4-22-19(26)28/h2-3,6-8H,4-5H2,1H3,(H,22,28)(H2,23,24,25,27). The maximum atomic E-state index is 14.3. The summed E-state index contributed by atoms with van der Waals surface area (Å²) in [5.41, 5.74) is 2.05. The summed E-state index contributed by atoms with van der Waals surface area (Å²) in [6.07, 6.45) is 0. The van der Waals surface area contributed by atoms with Gasteiger partial charge in [-0.25, -0.2) is 9.18 Å². The second kappa shape index (κ2) is 6.66. The lowest BCUT2D eigenvalue weighted by atomic mass is 10.1. The van der Waals surface area contributed by atoms with Crippen molar-refractivity contribution in [2.24, 2.45) is 0 Å². The smallest absolute Gasteiger partial charge is 0.321 e. The zero-order valence-corrected chi connectivity index (χ0v) is 14.8. The molecule has 1 saturated heterocycles. The lowest BCUT2D eigenvalue weighted by molar-refractivity contribution is 0.102. The fraction of sp³-hybridized carbons (Fsp3) is 0.158. The van der Waals surface area contributed by atoms with Crippen LogP contribution in [0.2, 0.25) is 0 Å². The number of amides is 3. The van der Waals surface area contributed by atoms with Crippen molar-refractivity contribution < 1.29 is 14.0 Å². The van der Waals surface area contributed by atoms with Crippen LogP contribution >= 0.6 is 0 Å². The number of anilines is 2. The molecule has 4 rings (SSSR count). The number of hydrogen-bond acceptors (Lipinski definition) is 4. The number of nitrogens with zero attached hydrogens (tertiary/aromatic N) is 3. The molecule has 2 aromatic carbocycles. The summed E-state index contributed by atoms with van der Waals surface area (Å²) in [5, 5.41) is 21.8. The number of nitrogens with one attached hydrogen (secondary N) is 3. The Bertz CT molecular complexity index is 1160. The number of aryl methyl sites for hydroxylation is 1. The van der Waals surface area contributed by atoms with Crippen molar-refractivity contribution in [3.05, 3.63) is 52.8 Å². The highest BCUT2D eigenvalue weighted by molar-refractivity contribution is 6.09. The first-order valence-electron chi connectivity index (χ1n) is 8.53. The fourth-order valence-corrected chi connectivity index (χ4v) is 3.14. The van der Waals surface area contributed by atoms with E-state index in [-0.39, 0.29) is 17.4 Å². The van der Waals surface area contributed by atoms with Gasteiger partial charge in [0.1, 0.15) is 5.82 Å². The van der Waals surface area contributed by atoms with Crippen molar-refractivity contribution in [3.63, 3.8) is 0 Å². The van der Waals surface area contributed by atoms with Gasteiger partial charge in [-0.15, -0.1) is 0 Å². The summed E-state index contributed by atoms with van der Waals surface area (Å²) in [6, 6.07) is 9.11. The maximum Gasteiger partial charge on any atom is 0.321 e. The van der Waals surface area contributed by atoms with Crippen LogP contribution in [0.5, 0.6) is 0 Å². The first-order chi connectivity index (χ1) is 13.5. The summed E-state index contributed by atoms with van der Waals surface area (Å²) in [6.45, 7) is 2.71. The molecule has 1 fully saturated rings. The molecule has 0 aliphatic carbocycles. The summed E-state index contributed by atoms with van der Waals surface area (Å²) in [7, 11) is 0. The van der Waals surface area contributed by atoms with Crippen LogP contribution in [0, 0.1) is 24.1 Å². The van der Waals surface area contributed by atoms with Crippen molar-refractivity contribution in [1.82, 2.24) is 15.5 Å². The molecule has 8 nitrogen and oxygen atoms in total. The second-order valence-electron chi connectivity index (χ2n) is 6.40. The summed E-state index contributed by atoms with van der Waals surface area (Å²) < 4.78 is 14.3. The van der Waals surface area contributed by atoms with E-state index in [1.54, 1.807) is 19.1 Å². The number of H-pyrrole nitrogens is 1. The highest BCUT2D eigenvalue weighted by Crippen LogP contribution is 2.26. The molecule has 9 heteroatoms. The van der Waals surface area contributed by atoms with E-state index in [0.717, 1.165) is 11.6 Å². The van der Waals surface area contributed by atoms with Gasteiger partial charge >= 0.3 is 6.03 Å². The van der Waals surface area contributed by atoms with Crippen LogP contribution in [0.15, 0.2) is 30.3 Å². The average molecular weight is 378 g/mol. The third-order valence-corrected chi connectivity index (χ3v) is 4.62. The molecule has 1 aliphatic rings. The number of nitriles is 1. The summed E-state index contributed by atoms with van der Waals surface area (Å²) in [5.74, 6) is -1.16. The highest BCUT2D eigenvalue weighted by atomic mass is 19.1. The highest BCUT2D eigenvalue weighted by Gasteiger charge is 2.23. The lowest BCUT2D eigenvalue weighted by Gasteiger charge is -2.15. The molecule has 0 spiro atoms. The molecule has 3 N–H and O–H groups in total. The lowest BCUT2D eigenvalue weighted by Crippen LogP contribution is -2.28. The van der Waals surface area contributed by atoms with Crippen LogP contribution in [0.4, 0.5) is 20.7 Å². The minimum absolute atomic E-state index is 0.196. The van der Waals surface area contributed by atoms with E-state index >= 15 is 0 Å². The quantitative estimate of drug-likeness (QED) is 0.650. The number of rotatable bonds is 3. The minimum atomic E-state index is -0.705. The van der Waals surface area contributed by atoms with E-state index in [4.69, 9.17) is 5.26 Å². The molecular weight excluding hydrogens is 363 g/mol. The molecule has 2 heterocycles. The number of fused-ring (bicyclic) bond motifs is 1. The average Bonchev–Trinajstić information content (AvgIpc) is 3.27. The van der Waals surface area contributed by atoms with E-state index in [1.165, 1.54) is 17.0 Å². The molecule has 1 aromatic heterocycles. The Balaban J connectivity index is 1.66. The number of carbonyl (C=O) groups excluding carboxylic acids is 2. The van der Waals surface area contributed by atoms with E-state index in [1.807, 2.05) is 0 Å². The van der Waals surface area contributed by atoms with Crippen molar-refractivity contribution >= 4 is 34.3 Å². The monoisotopic (exact) mass is 378 g/mol. The zero-order valence-electron chi connectivity index (χ0n) is 14.8. The normalized spacial score (nSPS) is 13.5. The first-order valence-corrected chi connectivity index (χ1v) is 8.53. The largest absolute Gasteiger partial charge is 0.336 e. The molecule has 0 bridgehead atoms. The fourth-order valence-electron chi connectivity index (χ4n) is 3.14. The van der Waals surface area contributed by atoms with Crippen LogP contribution in [0.3, 0.4) is 0 Å². The number of benzene rings is 2. The Kier molecular flexibility index (Phi) is 4.16. The van der Waals surface area contributed by atoms with Gasteiger partial charge in [-0.1, -0.05) is 0 Å².